The summed E-state index contributed by atoms with van der Waals surface area (Å²) in [4.78, 5) is 2.65. The second kappa shape index (κ2) is 3.00. The summed E-state index contributed by atoms with van der Waals surface area (Å²) < 4.78 is 0. The molecule has 2 N–H and O–H groups in total. The van der Waals surface area contributed by atoms with Gasteiger partial charge in [0.2, 0.25) is 0 Å². The fraction of sp³-hybridized carbons (Fsp3) is 1.00. The van der Waals surface area contributed by atoms with Crippen molar-refractivity contribution in [2.75, 3.05) is 13.1 Å². The molecule has 2 saturated heterocycles. The van der Waals surface area contributed by atoms with Crippen molar-refractivity contribution in [2.45, 2.75) is 38.8 Å². The van der Waals surface area contributed by atoms with E-state index in [-0.39, 0.29) is 0 Å². The van der Waals surface area contributed by atoms with Gasteiger partial charge in [-0.1, -0.05) is 13.8 Å². The predicted molar refractivity (Wildman–Crippen MR) is 50.9 cm³/mol. The Kier molecular flexibility index (Phi) is 2.13. The maximum atomic E-state index is 5.78. The van der Waals surface area contributed by atoms with E-state index in [9.17, 15) is 0 Å². The van der Waals surface area contributed by atoms with Gasteiger partial charge in [0.15, 0.2) is 0 Å². The first-order valence-electron chi connectivity index (χ1n) is 5.18. The van der Waals surface area contributed by atoms with Gasteiger partial charge in [-0.25, -0.2) is 0 Å². The van der Waals surface area contributed by atoms with Crippen LogP contribution in [0.25, 0.3) is 0 Å². The van der Waals surface area contributed by atoms with Crippen LogP contribution in [0.1, 0.15) is 26.7 Å². The van der Waals surface area contributed by atoms with E-state index in [0.717, 1.165) is 30.5 Å². The van der Waals surface area contributed by atoms with Crippen molar-refractivity contribution in [3.63, 3.8) is 0 Å². The van der Waals surface area contributed by atoms with Crippen LogP contribution < -0.4 is 5.73 Å². The lowest BCUT2D eigenvalue weighted by atomic mass is 9.83. The first-order chi connectivity index (χ1) is 5.72. The van der Waals surface area contributed by atoms with E-state index >= 15 is 0 Å². The summed E-state index contributed by atoms with van der Waals surface area (Å²) in [7, 11) is 0. The van der Waals surface area contributed by atoms with Gasteiger partial charge >= 0.3 is 0 Å². The molecule has 0 aromatic carbocycles. The van der Waals surface area contributed by atoms with E-state index in [2.05, 4.69) is 18.7 Å². The summed E-state index contributed by atoms with van der Waals surface area (Å²) >= 11 is 0. The zero-order valence-corrected chi connectivity index (χ0v) is 8.16. The first-order valence-corrected chi connectivity index (χ1v) is 5.18. The molecule has 0 aromatic rings. The van der Waals surface area contributed by atoms with Crippen molar-refractivity contribution in [1.82, 2.24) is 4.90 Å². The lowest BCUT2D eigenvalue weighted by molar-refractivity contribution is 0.200. The highest BCUT2D eigenvalue weighted by Gasteiger charge is 2.49. The molecule has 3 aliphatic rings. The zero-order valence-electron chi connectivity index (χ0n) is 8.16. The molecule has 0 amide bonds. The van der Waals surface area contributed by atoms with Crippen molar-refractivity contribution in [3.05, 3.63) is 0 Å². The highest BCUT2D eigenvalue weighted by atomic mass is 15.3. The minimum atomic E-state index is 0.720. The molecule has 1 aliphatic carbocycles. The van der Waals surface area contributed by atoms with Gasteiger partial charge in [0.1, 0.15) is 0 Å². The standard InChI is InChI=1S/C10H20N2/c1-7(2)6-12-9-3-8(4-9)10(12)5-11/h7-10H,3-6,11H2,1-2H3. The monoisotopic (exact) mass is 168 g/mol. The van der Waals surface area contributed by atoms with Crippen LogP contribution in [0.5, 0.6) is 0 Å². The van der Waals surface area contributed by atoms with Crippen LogP contribution >= 0.6 is 0 Å². The molecule has 70 valence electrons. The molecular weight excluding hydrogens is 148 g/mol. The minimum Gasteiger partial charge on any atom is -0.329 e. The summed E-state index contributed by atoms with van der Waals surface area (Å²) in [6.07, 6.45) is 2.85. The quantitative estimate of drug-likeness (QED) is 0.683. The van der Waals surface area contributed by atoms with E-state index in [4.69, 9.17) is 5.73 Å². The fourth-order valence-electron chi connectivity index (χ4n) is 2.79. The number of fused-ring (bicyclic) bond motifs is 1. The Morgan fingerprint density at radius 3 is 2.58 bits per heavy atom. The Hall–Kier alpha value is -0.0800. The molecular formula is C10H20N2. The topological polar surface area (TPSA) is 29.3 Å². The van der Waals surface area contributed by atoms with Gasteiger partial charge < -0.3 is 5.73 Å². The average molecular weight is 168 g/mol. The van der Waals surface area contributed by atoms with Crippen molar-refractivity contribution in [2.24, 2.45) is 17.6 Å². The third-order valence-corrected chi connectivity index (χ3v) is 3.41. The van der Waals surface area contributed by atoms with Crippen molar-refractivity contribution in [3.8, 4) is 0 Å². The molecule has 2 aliphatic heterocycles. The average Bonchev–Trinajstić information content (AvgIpc) is 2.36. The van der Waals surface area contributed by atoms with Gasteiger partial charge in [-0.15, -0.1) is 0 Å². The number of hydrogen-bond acceptors (Lipinski definition) is 2. The summed E-state index contributed by atoms with van der Waals surface area (Å²) in [5, 5.41) is 0. The van der Waals surface area contributed by atoms with Crippen LogP contribution in [0.4, 0.5) is 0 Å². The number of rotatable bonds is 3. The van der Waals surface area contributed by atoms with Crippen LogP contribution in [0.15, 0.2) is 0 Å². The van der Waals surface area contributed by atoms with Gasteiger partial charge in [0, 0.05) is 25.2 Å². The Bertz CT molecular complexity index is 161. The Morgan fingerprint density at radius 2 is 2.08 bits per heavy atom. The third kappa shape index (κ3) is 1.17. The summed E-state index contributed by atoms with van der Waals surface area (Å²) in [6, 6.07) is 1.61. The lowest BCUT2D eigenvalue weighted by Gasteiger charge is -2.27. The normalized spacial score (nSPS) is 40.5. The fourth-order valence-corrected chi connectivity index (χ4v) is 2.79. The number of nitrogens with zero attached hydrogens (tertiary/aromatic N) is 1. The van der Waals surface area contributed by atoms with Crippen LogP contribution in [-0.4, -0.2) is 30.1 Å². The zero-order chi connectivity index (χ0) is 8.72. The predicted octanol–water partition coefficient (Wildman–Crippen LogP) is 1.06. The maximum absolute atomic E-state index is 5.78. The van der Waals surface area contributed by atoms with E-state index in [1.807, 2.05) is 0 Å². The molecule has 2 bridgehead atoms. The number of hydrogen-bond donors (Lipinski definition) is 1. The maximum Gasteiger partial charge on any atom is 0.0250 e. The second-order valence-electron chi connectivity index (χ2n) is 4.78. The molecule has 2 nitrogen and oxygen atoms in total. The molecule has 2 heteroatoms. The van der Waals surface area contributed by atoms with Crippen LogP contribution in [-0.2, 0) is 0 Å². The minimum absolute atomic E-state index is 0.720. The van der Waals surface area contributed by atoms with E-state index in [1.54, 1.807) is 0 Å². The third-order valence-electron chi connectivity index (χ3n) is 3.41. The highest BCUT2D eigenvalue weighted by Crippen LogP contribution is 2.45. The molecule has 3 fully saturated rings. The first kappa shape index (κ1) is 8.52. The second-order valence-corrected chi connectivity index (χ2v) is 4.78. The number of nitrogens with two attached hydrogens (primary N) is 1. The molecule has 3 rings (SSSR count). The molecule has 0 radical (unpaired) electrons. The Balaban J connectivity index is 1.95. The highest BCUT2D eigenvalue weighted by molar-refractivity contribution is 5.04. The Morgan fingerprint density at radius 1 is 1.42 bits per heavy atom. The lowest BCUT2D eigenvalue weighted by Crippen LogP contribution is -2.38. The van der Waals surface area contributed by atoms with Gasteiger partial charge in [-0.2, -0.15) is 0 Å². The summed E-state index contributed by atoms with van der Waals surface area (Å²) in [5.74, 6) is 1.73. The van der Waals surface area contributed by atoms with Crippen LogP contribution in [0.2, 0.25) is 0 Å². The Labute approximate surface area is 75.1 Å². The van der Waals surface area contributed by atoms with Gasteiger partial charge in [-0.05, 0) is 24.7 Å². The molecule has 1 saturated carbocycles. The summed E-state index contributed by atoms with van der Waals surface area (Å²) in [6.45, 7) is 6.71. The largest absolute Gasteiger partial charge is 0.329 e. The smallest absolute Gasteiger partial charge is 0.0250 e. The van der Waals surface area contributed by atoms with Gasteiger partial charge in [0.05, 0.1) is 0 Å². The van der Waals surface area contributed by atoms with Crippen molar-refractivity contribution < 1.29 is 0 Å². The van der Waals surface area contributed by atoms with Gasteiger partial charge in [0.25, 0.3) is 0 Å². The summed E-state index contributed by atoms with van der Waals surface area (Å²) in [5.41, 5.74) is 5.78. The molecule has 1 atom stereocenters. The molecule has 0 spiro atoms. The van der Waals surface area contributed by atoms with Crippen LogP contribution in [0, 0.1) is 11.8 Å². The van der Waals surface area contributed by atoms with E-state index in [1.165, 1.54) is 19.4 Å². The molecule has 12 heavy (non-hydrogen) atoms. The SMILES string of the molecule is CC(C)CN1C2CC(C2)C1CN. The van der Waals surface area contributed by atoms with E-state index < -0.39 is 0 Å². The molecule has 0 aromatic heterocycles. The van der Waals surface area contributed by atoms with Crippen molar-refractivity contribution in [1.29, 1.82) is 0 Å². The van der Waals surface area contributed by atoms with Crippen LogP contribution in [0.3, 0.4) is 0 Å². The molecule has 2 heterocycles. The van der Waals surface area contributed by atoms with E-state index in [0.29, 0.717) is 0 Å². The van der Waals surface area contributed by atoms with Gasteiger partial charge in [-0.3, -0.25) is 4.90 Å². The molecule has 1 unspecified atom stereocenters. The van der Waals surface area contributed by atoms with Crippen molar-refractivity contribution >= 4 is 0 Å².